The summed E-state index contributed by atoms with van der Waals surface area (Å²) < 4.78 is 37.1. The molecule has 0 fully saturated rings. The van der Waals surface area contributed by atoms with E-state index in [9.17, 15) is 48.6 Å². The molecule has 93 heavy (non-hydrogen) atoms. The maximum Gasteiger partial charge on any atom is 0.310 e. The molecule has 0 aliphatic rings. The predicted octanol–water partition coefficient (Wildman–Crippen LogP) is 9.51. The average Bonchev–Trinajstić information content (AvgIpc) is 0.996. The van der Waals surface area contributed by atoms with Gasteiger partial charge in [0.2, 0.25) is 23.6 Å². The van der Waals surface area contributed by atoms with Crippen LogP contribution in [0.25, 0.3) is 0 Å². The van der Waals surface area contributed by atoms with E-state index in [4.69, 9.17) is 28.4 Å². The van der Waals surface area contributed by atoms with E-state index in [1.165, 1.54) is 47.3 Å². The molecule has 0 aliphatic heterocycles. The van der Waals surface area contributed by atoms with Crippen molar-refractivity contribution in [3.8, 4) is 0 Å². The van der Waals surface area contributed by atoms with Crippen molar-refractivity contribution in [1.82, 2.24) is 19.6 Å². The van der Waals surface area contributed by atoms with Gasteiger partial charge in [-0.1, -0.05) is 121 Å². The summed E-state index contributed by atoms with van der Waals surface area (Å²) in [5.74, 6) is -2.21. The fourth-order valence-electron chi connectivity index (χ4n) is 9.15. The first kappa shape index (κ1) is 85.6. The number of benzene rings is 4. The largest absolute Gasteiger partial charge is 0.461 e. The fraction of sp³-hybridized carbons (Fsp3) is 0.556. The maximum absolute atomic E-state index is 12.3. The number of carbonyl (C=O) groups excluding carboxylic acids is 8. The average molecular weight is 1300 g/mol. The number of amides is 4. The molecule has 4 atom stereocenters. The lowest BCUT2D eigenvalue weighted by Crippen LogP contribution is -2.46. The van der Waals surface area contributed by atoms with Crippen LogP contribution in [-0.4, -0.2) is 185 Å². The van der Waals surface area contributed by atoms with Crippen molar-refractivity contribution in [3.63, 3.8) is 0 Å². The maximum atomic E-state index is 12.3. The molecule has 0 saturated heterocycles. The third-order valence-electron chi connectivity index (χ3n) is 14.6. The van der Waals surface area contributed by atoms with E-state index in [1.54, 1.807) is 112 Å². The molecule has 4 aromatic rings. The van der Waals surface area contributed by atoms with Crippen LogP contribution in [0.4, 0.5) is 0 Å². The Bertz CT molecular complexity index is 2600. The molecule has 520 valence electrons. The van der Waals surface area contributed by atoms with Crippen LogP contribution in [0, 0.1) is 21.7 Å². The number of aliphatic hydroxyl groups excluding tert-OH is 2. The normalized spacial score (nSPS) is 12.4. The molecule has 4 aromatic carbocycles. The summed E-state index contributed by atoms with van der Waals surface area (Å²) >= 11 is 0. The topological polar surface area (TPSA) is 255 Å². The second-order valence-corrected chi connectivity index (χ2v) is 25.3. The van der Waals surface area contributed by atoms with Crippen molar-refractivity contribution in [1.29, 1.82) is 0 Å². The highest BCUT2D eigenvalue weighted by atomic mass is 16.6. The molecule has 4 amide bonds. The molecule has 0 bridgehead atoms. The van der Waals surface area contributed by atoms with Crippen molar-refractivity contribution < 1.29 is 81.7 Å². The van der Waals surface area contributed by atoms with Gasteiger partial charge in [-0.2, -0.15) is 0 Å². The molecule has 21 heteroatoms. The minimum absolute atomic E-state index is 0.0759. The number of esters is 4. The van der Waals surface area contributed by atoms with E-state index in [2.05, 4.69) is 4.74 Å². The molecular weight excluding hydrogens is 1190 g/mol. The molecule has 2 unspecified atom stereocenters. The Labute approximate surface area is 554 Å². The van der Waals surface area contributed by atoms with Crippen LogP contribution in [0.5, 0.6) is 0 Å². The Morgan fingerprint density at radius 1 is 0.333 bits per heavy atom. The Morgan fingerprint density at radius 3 is 0.720 bits per heavy atom. The molecule has 21 nitrogen and oxygen atoms in total. The van der Waals surface area contributed by atoms with Crippen LogP contribution in [0.15, 0.2) is 121 Å². The van der Waals surface area contributed by atoms with Crippen LogP contribution in [0.1, 0.15) is 131 Å². The third kappa shape index (κ3) is 34.9. The summed E-state index contributed by atoms with van der Waals surface area (Å²) in [4.78, 5) is 97.0. The van der Waals surface area contributed by atoms with Gasteiger partial charge in [-0.05, 0) is 90.5 Å². The number of aliphatic hydroxyl groups is 2. The number of rotatable bonds is 30. The van der Waals surface area contributed by atoms with Gasteiger partial charge in [-0.15, -0.1) is 0 Å². The summed E-state index contributed by atoms with van der Waals surface area (Å²) in [7, 11) is 13.6. The van der Waals surface area contributed by atoms with Gasteiger partial charge in [0.05, 0.1) is 73.5 Å². The number of nitrogens with zero attached hydrogens (tertiary/aromatic N) is 4. The van der Waals surface area contributed by atoms with Crippen LogP contribution in [0.2, 0.25) is 0 Å². The molecule has 0 saturated carbocycles. The van der Waals surface area contributed by atoms with E-state index >= 15 is 0 Å². The molecule has 0 aromatic heterocycles. The monoisotopic (exact) mass is 1300 g/mol. The first-order valence-corrected chi connectivity index (χ1v) is 31.1. The predicted molar refractivity (Wildman–Crippen MR) is 358 cm³/mol. The zero-order valence-electron chi connectivity index (χ0n) is 59.1. The Balaban J connectivity index is 0.00000117. The van der Waals surface area contributed by atoms with Crippen molar-refractivity contribution in [2.45, 2.75) is 160 Å². The number of hydrogen-bond donors (Lipinski definition) is 2. The van der Waals surface area contributed by atoms with Crippen LogP contribution >= 0.6 is 0 Å². The second-order valence-electron chi connectivity index (χ2n) is 25.3. The second kappa shape index (κ2) is 44.2. The zero-order valence-corrected chi connectivity index (χ0v) is 59.1. The highest BCUT2D eigenvalue weighted by Crippen LogP contribution is 2.31. The summed E-state index contributed by atoms with van der Waals surface area (Å²) in [6.07, 6.45) is -0.644. The molecule has 4 rings (SSSR count). The van der Waals surface area contributed by atoms with Gasteiger partial charge in [-0.3, -0.25) is 38.4 Å². The van der Waals surface area contributed by atoms with Gasteiger partial charge in [0, 0.05) is 110 Å². The van der Waals surface area contributed by atoms with Crippen molar-refractivity contribution in [2.24, 2.45) is 21.7 Å². The van der Waals surface area contributed by atoms with E-state index in [1.807, 2.05) is 121 Å². The van der Waals surface area contributed by atoms with Crippen LogP contribution < -0.4 is 0 Å². The highest BCUT2D eigenvalue weighted by Gasteiger charge is 2.42. The summed E-state index contributed by atoms with van der Waals surface area (Å²) in [5, 5.41) is 20.3. The minimum atomic E-state index is -0.800. The Morgan fingerprint density at radius 2 is 0.538 bits per heavy atom. The quantitative estimate of drug-likeness (QED) is 0.0213. The summed E-state index contributed by atoms with van der Waals surface area (Å²) in [6.45, 7) is 23.0. The molecule has 0 radical (unpaired) electrons. The van der Waals surface area contributed by atoms with Gasteiger partial charge in [0.25, 0.3) is 0 Å². The van der Waals surface area contributed by atoms with Gasteiger partial charge in [0.1, 0.15) is 12.2 Å². The number of hydrogen-bond acceptors (Lipinski definition) is 17. The molecule has 0 heterocycles. The van der Waals surface area contributed by atoms with Gasteiger partial charge in [-0.25, -0.2) is 0 Å². The summed E-state index contributed by atoms with van der Waals surface area (Å²) in [6, 6.07) is 39.5. The van der Waals surface area contributed by atoms with E-state index in [0.717, 1.165) is 22.3 Å². The molecular formula is C72H110N4O17. The highest BCUT2D eigenvalue weighted by molar-refractivity contribution is 5.84. The first-order chi connectivity index (χ1) is 43.3. The van der Waals surface area contributed by atoms with Gasteiger partial charge >= 0.3 is 23.9 Å². The summed E-state index contributed by atoms with van der Waals surface area (Å²) in [5.41, 5.74) is 1.19. The number of carbonyl (C=O) groups is 8. The van der Waals surface area contributed by atoms with Crippen molar-refractivity contribution >= 4 is 47.5 Å². The smallest absolute Gasteiger partial charge is 0.310 e. The van der Waals surface area contributed by atoms with E-state index < -0.39 is 70.0 Å². The lowest BCUT2D eigenvalue weighted by Gasteiger charge is -2.34. The first-order valence-electron chi connectivity index (χ1n) is 31.1. The molecule has 0 aliphatic carbocycles. The third-order valence-corrected chi connectivity index (χ3v) is 14.6. The molecule has 0 spiro atoms. The minimum Gasteiger partial charge on any atom is -0.461 e. The van der Waals surface area contributed by atoms with E-state index in [-0.39, 0.29) is 23.6 Å². The van der Waals surface area contributed by atoms with Crippen LogP contribution in [0.3, 0.4) is 0 Å². The van der Waals surface area contributed by atoms with Crippen molar-refractivity contribution in [3.05, 3.63) is 144 Å². The SMILES string of the molecule is CC(=O)OC(C)=O.CC(=O)OC(CCOCc1ccccc1)C(C)(C)C(=O)N(C)C.CC(=O)O[C@H](CCOCc1ccccc1)C(C)(C)C(=O)N(C)C.CN(C)C(=O)C(C)(C)C(O)CCOCc1ccccc1.CN(C)C(=O)C(C)(C)[C@@H](O)CCOCc1ccccc1. The molecule has 2 N–H and O–H groups in total. The van der Waals surface area contributed by atoms with Gasteiger partial charge < -0.3 is 63.0 Å². The van der Waals surface area contributed by atoms with E-state index in [0.29, 0.717) is 78.5 Å². The fourth-order valence-corrected chi connectivity index (χ4v) is 9.15. The lowest BCUT2D eigenvalue weighted by atomic mass is 9.83. The van der Waals surface area contributed by atoms with Gasteiger partial charge in [0.15, 0.2) is 0 Å². The Kier molecular flexibility index (Phi) is 40.7. The standard InChI is InChI=1S/2C18H27NO4.2C16H25NO3.C4H6O3/c2*1-14(20)23-16(18(2,3)17(21)19(4)5)11-12-22-13-15-9-7-6-8-10-15;2*1-16(2,15(19)17(3)4)14(18)10-11-20-12-13-8-6-5-7-9-13;1-3(5)7-4(2)6/h2*6-10,16H,11-13H2,1-5H3;2*5-9,14,18H,10-12H2,1-4H3;1-2H3/t16-;;14-;;/m1.0../s1. The number of ether oxygens (including phenoxy) is 7. The van der Waals surface area contributed by atoms with Crippen LogP contribution in [-0.2, 0) is 97.9 Å². The van der Waals surface area contributed by atoms with Crippen molar-refractivity contribution in [2.75, 3.05) is 82.8 Å². The lowest BCUT2D eigenvalue weighted by molar-refractivity contribution is -0.163. The Hall–Kier alpha value is -7.40. The zero-order chi connectivity index (χ0) is 71.1.